The van der Waals surface area contributed by atoms with Crippen LogP contribution in [0.2, 0.25) is 0 Å². The molecule has 0 radical (unpaired) electrons. The molecule has 0 amide bonds. The van der Waals surface area contributed by atoms with Crippen LogP contribution < -0.4 is 9.46 Å². The van der Waals surface area contributed by atoms with Gasteiger partial charge in [-0.15, -0.1) is 0 Å². The number of nitrogens with one attached hydrogen (secondary N) is 1. The Labute approximate surface area is 169 Å². The van der Waals surface area contributed by atoms with Crippen molar-refractivity contribution in [3.63, 3.8) is 0 Å². The topological polar surface area (TPSA) is 85.6 Å². The Morgan fingerprint density at radius 3 is 2.66 bits per heavy atom. The first-order valence-electron chi connectivity index (χ1n) is 8.95. The molecule has 29 heavy (non-hydrogen) atoms. The van der Waals surface area contributed by atoms with Crippen molar-refractivity contribution >= 4 is 21.5 Å². The minimum absolute atomic E-state index is 0.220. The van der Waals surface area contributed by atoms with Gasteiger partial charge in [-0.3, -0.25) is 9.12 Å². The molecule has 0 saturated carbocycles. The number of aryl methyl sites for hydroxylation is 2. The molecule has 0 fully saturated rings. The highest BCUT2D eigenvalue weighted by atomic mass is 32.2. The van der Waals surface area contributed by atoms with Gasteiger partial charge in [0.15, 0.2) is 0 Å². The number of benzene rings is 2. The van der Waals surface area contributed by atoms with Crippen LogP contribution in [0, 0.1) is 13.8 Å². The Kier molecular flexibility index (Phi) is 4.71. The number of rotatable bonds is 5. The Bertz CT molecular complexity index is 1280. The molecule has 0 saturated heterocycles. The van der Waals surface area contributed by atoms with Crippen LogP contribution in [0.5, 0.6) is 5.75 Å². The van der Waals surface area contributed by atoms with Gasteiger partial charge in [-0.05, 0) is 55.3 Å². The zero-order valence-electron chi connectivity index (χ0n) is 16.2. The van der Waals surface area contributed by atoms with Crippen molar-refractivity contribution in [2.24, 2.45) is 0 Å². The molecule has 0 aliphatic heterocycles. The van der Waals surface area contributed by atoms with E-state index < -0.39 is 10.0 Å². The molecule has 0 atom stereocenters. The van der Waals surface area contributed by atoms with Crippen LogP contribution in [0.1, 0.15) is 11.1 Å². The van der Waals surface area contributed by atoms with Gasteiger partial charge in [0, 0.05) is 29.8 Å². The van der Waals surface area contributed by atoms with E-state index in [9.17, 15) is 8.42 Å². The molecule has 0 aliphatic carbocycles. The van der Waals surface area contributed by atoms with Crippen molar-refractivity contribution < 1.29 is 13.2 Å². The molecule has 2 aromatic heterocycles. The normalized spacial score (nSPS) is 11.6. The van der Waals surface area contributed by atoms with Gasteiger partial charge in [-0.25, -0.2) is 18.4 Å². The first-order valence-corrected chi connectivity index (χ1v) is 10.4. The Morgan fingerprint density at radius 1 is 1.07 bits per heavy atom. The third-order valence-electron chi connectivity index (χ3n) is 4.63. The lowest BCUT2D eigenvalue weighted by Crippen LogP contribution is -2.14. The van der Waals surface area contributed by atoms with Gasteiger partial charge in [0.05, 0.1) is 17.7 Å². The van der Waals surface area contributed by atoms with Crippen molar-refractivity contribution in [1.82, 2.24) is 14.4 Å². The van der Waals surface area contributed by atoms with E-state index in [0.717, 1.165) is 11.1 Å². The number of ether oxygens (including phenoxy) is 1. The van der Waals surface area contributed by atoms with Gasteiger partial charge in [0.2, 0.25) is 5.78 Å². The largest absolute Gasteiger partial charge is 0.496 e. The number of sulfonamides is 1. The molecule has 0 bridgehead atoms. The van der Waals surface area contributed by atoms with E-state index in [4.69, 9.17) is 4.74 Å². The van der Waals surface area contributed by atoms with E-state index in [1.54, 1.807) is 50.6 Å². The van der Waals surface area contributed by atoms with Crippen LogP contribution in [-0.2, 0) is 10.0 Å². The van der Waals surface area contributed by atoms with E-state index in [1.807, 2.05) is 35.9 Å². The zero-order chi connectivity index (χ0) is 20.6. The minimum atomic E-state index is -3.76. The summed E-state index contributed by atoms with van der Waals surface area (Å²) in [5.74, 6) is 1.24. The maximum absolute atomic E-state index is 13.0. The highest BCUT2D eigenvalue weighted by Gasteiger charge is 2.19. The van der Waals surface area contributed by atoms with Crippen molar-refractivity contribution in [2.75, 3.05) is 11.8 Å². The van der Waals surface area contributed by atoms with Crippen LogP contribution in [0.15, 0.2) is 66.0 Å². The second-order valence-corrected chi connectivity index (χ2v) is 8.38. The summed E-state index contributed by atoms with van der Waals surface area (Å²) in [6, 6.07) is 12.3. The Hall–Kier alpha value is -3.39. The first kappa shape index (κ1) is 18.9. The van der Waals surface area contributed by atoms with E-state index in [-0.39, 0.29) is 4.90 Å². The number of methoxy groups -OCH3 is 1. The van der Waals surface area contributed by atoms with Crippen molar-refractivity contribution in [2.45, 2.75) is 18.7 Å². The third kappa shape index (κ3) is 3.66. The summed E-state index contributed by atoms with van der Waals surface area (Å²) in [6.07, 6.45) is 5.39. The van der Waals surface area contributed by atoms with E-state index in [2.05, 4.69) is 14.7 Å². The van der Waals surface area contributed by atoms with E-state index in [0.29, 0.717) is 28.5 Å². The Balaban J connectivity index is 1.68. The fraction of sp³-hybridized carbons (Fsp3) is 0.143. The van der Waals surface area contributed by atoms with Crippen LogP contribution >= 0.6 is 0 Å². The molecule has 2 aromatic carbocycles. The maximum atomic E-state index is 13.0. The van der Waals surface area contributed by atoms with Crippen LogP contribution in [0.4, 0.5) is 5.69 Å². The smallest absolute Gasteiger partial charge is 0.262 e. The lowest BCUT2D eigenvalue weighted by atomic mass is 10.1. The summed E-state index contributed by atoms with van der Waals surface area (Å²) in [5, 5.41) is 0. The highest BCUT2D eigenvalue weighted by molar-refractivity contribution is 7.92. The molecule has 0 aliphatic rings. The van der Waals surface area contributed by atoms with E-state index >= 15 is 0 Å². The summed E-state index contributed by atoms with van der Waals surface area (Å²) >= 11 is 0. The van der Waals surface area contributed by atoms with Gasteiger partial charge in [0.1, 0.15) is 5.75 Å². The van der Waals surface area contributed by atoms with Crippen molar-refractivity contribution in [1.29, 1.82) is 0 Å². The molecule has 7 nitrogen and oxygen atoms in total. The summed E-state index contributed by atoms with van der Waals surface area (Å²) in [7, 11) is -2.19. The predicted octanol–water partition coefficient (Wildman–Crippen LogP) is 3.82. The first-order chi connectivity index (χ1) is 13.9. The van der Waals surface area contributed by atoms with Crippen LogP contribution in [-0.4, -0.2) is 29.9 Å². The quantitative estimate of drug-likeness (QED) is 0.543. The highest BCUT2D eigenvalue weighted by Crippen LogP contribution is 2.28. The van der Waals surface area contributed by atoms with Gasteiger partial charge >= 0.3 is 0 Å². The number of hydrogen-bond donors (Lipinski definition) is 1. The maximum Gasteiger partial charge on any atom is 0.262 e. The fourth-order valence-electron chi connectivity index (χ4n) is 3.19. The molecule has 0 unspecified atom stereocenters. The lowest BCUT2D eigenvalue weighted by molar-refractivity contribution is 0.411. The summed E-state index contributed by atoms with van der Waals surface area (Å²) in [4.78, 5) is 8.92. The number of aromatic nitrogens is 3. The zero-order valence-corrected chi connectivity index (χ0v) is 17.1. The Morgan fingerprint density at radius 2 is 1.90 bits per heavy atom. The molecule has 148 valence electrons. The molecule has 4 aromatic rings. The van der Waals surface area contributed by atoms with Crippen LogP contribution in [0.3, 0.4) is 0 Å². The number of anilines is 1. The summed E-state index contributed by atoms with van der Waals surface area (Å²) in [6.45, 7) is 3.56. The van der Waals surface area contributed by atoms with Crippen molar-refractivity contribution in [3.8, 4) is 17.0 Å². The fourth-order valence-corrected chi connectivity index (χ4v) is 4.56. The second-order valence-electron chi connectivity index (χ2n) is 6.73. The molecule has 0 spiro atoms. The molecule has 4 rings (SSSR count). The standard InChI is InChI=1S/C21H20N4O3S/c1-14-11-20(15(2)10-19(14)28-3)29(26,27)24-17-7-4-6-16(12-17)18-13-25-9-5-8-22-21(25)23-18/h4-13,24H,1-3H3. The van der Waals surface area contributed by atoms with Gasteiger partial charge in [-0.1, -0.05) is 12.1 Å². The SMILES string of the molecule is COc1cc(C)c(S(=O)(=O)Nc2cccc(-c3cn4cccnc4n3)c2)cc1C. The number of hydrogen-bond acceptors (Lipinski definition) is 5. The molecular weight excluding hydrogens is 388 g/mol. The van der Waals surface area contributed by atoms with Crippen LogP contribution in [0.25, 0.3) is 17.0 Å². The predicted molar refractivity (Wildman–Crippen MR) is 112 cm³/mol. The lowest BCUT2D eigenvalue weighted by Gasteiger charge is -2.14. The average molecular weight is 408 g/mol. The summed E-state index contributed by atoms with van der Waals surface area (Å²) < 4.78 is 35.7. The van der Waals surface area contributed by atoms with E-state index in [1.165, 1.54) is 0 Å². The molecule has 1 N–H and O–H groups in total. The monoisotopic (exact) mass is 408 g/mol. The summed E-state index contributed by atoms with van der Waals surface area (Å²) in [5.41, 5.74) is 3.33. The third-order valence-corrected chi connectivity index (χ3v) is 6.15. The van der Waals surface area contributed by atoms with Gasteiger partial charge < -0.3 is 4.74 Å². The molecular formula is C21H20N4O3S. The van der Waals surface area contributed by atoms with Gasteiger partial charge in [0.25, 0.3) is 10.0 Å². The second kappa shape index (κ2) is 7.21. The number of imidazole rings is 1. The van der Waals surface area contributed by atoms with Crippen molar-refractivity contribution in [3.05, 3.63) is 72.2 Å². The average Bonchev–Trinajstić information content (AvgIpc) is 3.13. The molecule has 2 heterocycles. The number of nitrogens with zero attached hydrogens (tertiary/aromatic N) is 3. The number of fused-ring (bicyclic) bond motifs is 1. The van der Waals surface area contributed by atoms with Gasteiger partial charge in [-0.2, -0.15) is 0 Å². The molecule has 8 heteroatoms. The minimum Gasteiger partial charge on any atom is -0.496 e.